The average Bonchev–Trinajstić information content (AvgIpc) is 3.22. The van der Waals surface area contributed by atoms with Crippen molar-refractivity contribution in [3.63, 3.8) is 0 Å². The quantitative estimate of drug-likeness (QED) is 0.944. The average molecular weight is 325 g/mol. The van der Waals surface area contributed by atoms with Gasteiger partial charge in [0.25, 0.3) is 5.91 Å². The van der Waals surface area contributed by atoms with Crippen molar-refractivity contribution in [2.45, 2.75) is 31.6 Å². The molecule has 0 spiro atoms. The van der Waals surface area contributed by atoms with Gasteiger partial charge in [-0.15, -0.1) is 0 Å². The molecule has 2 heterocycles. The summed E-state index contributed by atoms with van der Waals surface area (Å²) in [5.41, 5.74) is 9.02. The van der Waals surface area contributed by atoms with E-state index >= 15 is 0 Å². The molecule has 4 rings (SSSR count). The minimum Gasteiger partial charge on any atom is -0.365 e. The van der Waals surface area contributed by atoms with E-state index in [0.717, 1.165) is 49.0 Å². The van der Waals surface area contributed by atoms with Gasteiger partial charge in [-0.05, 0) is 48.9 Å². The first-order valence-corrected chi connectivity index (χ1v) is 8.45. The Bertz CT molecular complexity index is 805. The van der Waals surface area contributed by atoms with E-state index in [4.69, 9.17) is 10.7 Å². The molecule has 1 unspecified atom stereocenters. The standard InChI is InChI=1S/C19H20FN3O/c20-16-6-2-1-5-14(16)13-8-9-23(11-13)19-15(18(21)24)10-12-4-3-7-17(12)22-19/h1-2,5-6,10,13H,3-4,7-9,11H2,(H2,21,24). The van der Waals surface area contributed by atoms with Gasteiger partial charge in [-0.25, -0.2) is 9.37 Å². The number of rotatable bonds is 3. The Labute approximate surface area is 140 Å². The van der Waals surface area contributed by atoms with Crippen LogP contribution in [-0.4, -0.2) is 24.0 Å². The summed E-state index contributed by atoms with van der Waals surface area (Å²) in [4.78, 5) is 18.7. The normalized spacial score (nSPS) is 19.5. The van der Waals surface area contributed by atoms with Gasteiger partial charge in [0, 0.05) is 24.7 Å². The Kier molecular flexibility index (Phi) is 3.71. The molecule has 1 aromatic heterocycles. The molecule has 1 saturated heterocycles. The smallest absolute Gasteiger partial charge is 0.252 e. The SMILES string of the molecule is NC(=O)c1cc2c(nc1N1CCC(c3ccccc3F)C1)CCC2. The number of pyridine rings is 1. The second-order valence-corrected chi connectivity index (χ2v) is 6.64. The highest BCUT2D eigenvalue weighted by Gasteiger charge is 2.30. The molecular formula is C19H20FN3O. The van der Waals surface area contributed by atoms with Crippen LogP contribution in [-0.2, 0) is 12.8 Å². The Morgan fingerprint density at radius 1 is 1.29 bits per heavy atom. The summed E-state index contributed by atoms with van der Waals surface area (Å²) in [6.07, 6.45) is 3.83. The first-order chi connectivity index (χ1) is 11.6. The highest BCUT2D eigenvalue weighted by Crippen LogP contribution is 2.34. The molecule has 1 aliphatic carbocycles. The van der Waals surface area contributed by atoms with Gasteiger partial charge in [-0.3, -0.25) is 4.79 Å². The molecule has 0 bridgehead atoms. The number of carbonyl (C=O) groups is 1. The van der Waals surface area contributed by atoms with E-state index in [0.29, 0.717) is 17.9 Å². The highest BCUT2D eigenvalue weighted by atomic mass is 19.1. The number of anilines is 1. The van der Waals surface area contributed by atoms with Gasteiger partial charge >= 0.3 is 0 Å². The maximum absolute atomic E-state index is 14.1. The molecule has 2 N–H and O–H groups in total. The predicted molar refractivity (Wildman–Crippen MR) is 90.8 cm³/mol. The summed E-state index contributed by atoms with van der Waals surface area (Å²) >= 11 is 0. The first-order valence-electron chi connectivity index (χ1n) is 8.45. The molecule has 0 saturated carbocycles. The Hall–Kier alpha value is -2.43. The number of hydrogen-bond donors (Lipinski definition) is 1. The van der Waals surface area contributed by atoms with Crippen LogP contribution in [0.15, 0.2) is 30.3 Å². The number of amides is 1. The molecular weight excluding hydrogens is 305 g/mol. The number of aromatic nitrogens is 1. The van der Waals surface area contributed by atoms with E-state index in [1.54, 1.807) is 6.07 Å². The van der Waals surface area contributed by atoms with Crippen LogP contribution in [0.2, 0.25) is 0 Å². The van der Waals surface area contributed by atoms with Crippen LogP contribution in [0.5, 0.6) is 0 Å². The number of fused-ring (bicyclic) bond motifs is 1. The lowest BCUT2D eigenvalue weighted by atomic mass is 9.98. The molecule has 5 heteroatoms. The van der Waals surface area contributed by atoms with Crippen molar-refractivity contribution in [3.8, 4) is 0 Å². The summed E-state index contributed by atoms with van der Waals surface area (Å²) in [6.45, 7) is 1.41. The number of benzene rings is 1. The second kappa shape index (κ2) is 5.89. The fourth-order valence-corrected chi connectivity index (χ4v) is 3.90. The van der Waals surface area contributed by atoms with Crippen LogP contribution in [0.25, 0.3) is 0 Å². The summed E-state index contributed by atoms with van der Waals surface area (Å²) in [6, 6.07) is 8.82. The maximum atomic E-state index is 14.1. The molecule has 2 aromatic rings. The van der Waals surface area contributed by atoms with Crippen LogP contribution in [0.1, 0.15) is 45.9 Å². The molecule has 1 atom stereocenters. The van der Waals surface area contributed by atoms with E-state index in [9.17, 15) is 9.18 Å². The van der Waals surface area contributed by atoms with Crippen molar-refractivity contribution < 1.29 is 9.18 Å². The number of nitrogens with two attached hydrogens (primary N) is 1. The summed E-state index contributed by atoms with van der Waals surface area (Å²) < 4.78 is 14.1. The Morgan fingerprint density at radius 2 is 2.12 bits per heavy atom. The van der Waals surface area contributed by atoms with E-state index in [1.165, 1.54) is 6.07 Å². The monoisotopic (exact) mass is 325 g/mol. The van der Waals surface area contributed by atoms with Gasteiger partial charge in [0.1, 0.15) is 11.6 Å². The highest BCUT2D eigenvalue weighted by molar-refractivity contribution is 5.98. The van der Waals surface area contributed by atoms with E-state index in [-0.39, 0.29) is 11.7 Å². The number of aryl methyl sites for hydroxylation is 2. The van der Waals surface area contributed by atoms with Crippen molar-refractivity contribution >= 4 is 11.7 Å². The van der Waals surface area contributed by atoms with Crippen molar-refractivity contribution in [2.24, 2.45) is 5.73 Å². The summed E-state index contributed by atoms with van der Waals surface area (Å²) in [5.74, 6) is 0.173. The third-order valence-corrected chi connectivity index (χ3v) is 5.13. The van der Waals surface area contributed by atoms with Crippen LogP contribution >= 0.6 is 0 Å². The Balaban J connectivity index is 1.66. The largest absolute Gasteiger partial charge is 0.365 e. The predicted octanol–water partition coefficient (Wildman–Crippen LogP) is 2.80. The molecule has 2 aliphatic rings. The molecule has 24 heavy (non-hydrogen) atoms. The molecule has 1 fully saturated rings. The molecule has 0 radical (unpaired) electrons. The fraction of sp³-hybridized carbons (Fsp3) is 0.368. The molecule has 4 nitrogen and oxygen atoms in total. The third kappa shape index (κ3) is 2.54. The lowest BCUT2D eigenvalue weighted by Gasteiger charge is -2.21. The summed E-state index contributed by atoms with van der Waals surface area (Å²) in [5, 5.41) is 0. The number of hydrogen-bond acceptors (Lipinski definition) is 3. The third-order valence-electron chi connectivity index (χ3n) is 5.13. The zero-order valence-electron chi connectivity index (χ0n) is 13.5. The minimum atomic E-state index is -0.443. The molecule has 1 aliphatic heterocycles. The van der Waals surface area contributed by atoms with Gasteiger partial charge < -0.3 is 10.6 Å². The fourth-order valence-electron chi connectivity index (χ4n) is 3.90. The zero-order chi connectivity index (χ0) is 16.7. The number of halogens is 1. The lowest BCUT2D eigenvalue weighted by Crippen LogP contribution is -2.26. The molecule has 124 valence electrons. The van der Waals surface area contributed by atoms with Crippen LogP contribution < -0.4 is 10.6 Å². The van der Waals surface area contributed by atoms with Crippen molar-refractivity contribution in [2.75, 3.05) is 18.0 Å². The van der Waals surface area contributed by atoms with Crippen LogP contribution in [0.4, 0.5) is 10.2 Å². The maximum Gasteiger partial charge on any atom is 0.252 e. The number of nitrogens with zero attached hydrogens (tertiary/aromatic N) is 2. The van der Waals surface area contributed by atoms with Gasteiger partial charge in [-0.1, -0.05) is 18.2 Å². The topological polar surface area (TPSA) is 59.2 Å². The van der Waals surface area contributed by atoms with Gasteiger partial charge in [0.2, 0.25) is 0 Å². The van der Waals surface area contributed by atoms with E-state index in [1.807, 2.05) is 18.2 Å². The first kappa shape index (κ1) is 15.1. The van der Waals surface area contributed by atoms with E-state index in [2.05, 4.69) is 4.90 Å². The van der Waals surface area contributed by atoms with Gasteiger partial charge in [0.05, 0.1) is 5.56 Å². The Morgan fingerprint density at radius 3 is 2.92 bits per heavy atom. The van der Waals surface area contributed by atoms with Gasteiger partial charge in [-0.2, -0.15) is 0 Å². The molecule has 1 aromatic carbocycles. The van der Waals surface area contributed by atoms with Crippen molar-refractivity contribution in [1.29, 1.82) is 0 Å². The van der Waals surface area contributed by atoms with Crippen molar-refractivity contribution in [3.05, 3.63) is 58.5 Å². The van der Waals surface area contributed by atoms with Crippen molar-refractivity contribution in [1.82, 2.24) is 4.98 Å². The second-order valence-electron chi connectivity index (χ2n) is 6.64. The van der Waals surface area contributed by atoms with Gasteiger partial charge in [0.15, 0.2) is 0 Å². The summed E-state index contributed by atoms with van der Waals surface area (Å²) in [7, 11) is 0. The minimum absolute atomic E-state index is 0.113. The van der Waals surface area contributed by atoms with Crippen LogP contribution in [0, 0.1) is 5.82 Å². The number of carbonyl (C=O) groups excluding carboxylic acids is 1. The lowest BCUT2D eigenvalue weighted by molar-refractivity contribution is 0.100. The zero-order valence-corrected chi connectivity index (χ0v) is 13.5. The van der Waals surface area contributed by atoms with E-state index < -0.39 is 5.91 Å². The number of primary amides is 1. The molecule has 1 amide bonds. The van der Waals surface area contributed by atoms with Crippen LogP contribution in [0.3, 0.4) is 0 Å².